The van der Waals surface area contributed by atoms with E-state index in [1.54, 1.807) is 18.0 Å². The number of nitro benzene ring substituents is 1. The van der Waals surface area contributed by atoms with E-state index < -0.39 is 4.92 Å². The summed E-state index contributed by atoms with van der Waals surface area (Å²) >= 11 is 0. The van der Waals surface area contributed by atoms with Crippen LogP contribution in [0.1, 0.15) is 13.3 Å². The lowest BCUT2D eigenvalue weighted by Gasteiger charge is -2.23. The molecule has 110 valence electrons. The third kappa shape index (κ3) is 4.09. The Morgan fingerprint density at radius 3 is 2.65 bits per heavy atom. The van der Waals surface area contributed by atoms with Gasteiger partial charge in [-0.15, -0.1) is 0 Å². The zero-order valence-electron chi connectivity index (χ0n) is 11.5. The highest BCUT2D eigenvalue weighted by Crippen LogP contribution is 2.26. The minimum absolute atomic E-state index is 0.0755. The SMILES string of the molecule is CCCN(CC(=O)NC)c1cc(NN)cc([N+](=O)[O-])c1. The van der Waals surface area contributed by atoms with Gasteiger partial charge in [0.1, 0.15) is 0 Å². The predicted octanol–water partition coefficient (Wildman–Crippen LogP) is 0.843. The van der Waals surface area contributed by atoms with Crippen molar-refractivity contribution in [1.82, 2.24) is 5.32 Å². The first kappa shape index (κ1) is 15.7. The summed E-state index contributed by atoms with van der Waals surface area (Å²) in [7, 11) is 1.55. The van der Waals surface area contributed by atoms with Gasteiger partial charge >= 0.3 is 0 Å². The van der Waals surface area contributed by atoms with E-state index in [9.17, 15) is 14.9 Å². The van der Waals surface area contributed by atoms with Gasteiger partial charge in [0.25, 0.3) is 5.69 Å². The molecule has 1 rings (SSSR count). The van der Waals surface area contributed by atoms with Crippen molar-refractivity contribution in [2.75, 3.05) is 30.5 Å². The molecule has 0 aromatic heterocycles. The van der Waals surface area contributed by atoms with Crippen molar-refractivity contribution in [3.63, 3.8) is 0 Å². The summed E-state index contributed by atoms with van der Waals surface area (Å²) in [5, 5.41) is 13.5. The third-order valence-corrected chi connectivity index (χ3v) is 2.75. The maximum atomic E-state index is 11.5. The zero-order valence-corrected chi connectivity index (χ0v) is 11.5. The van der Waals surface area contributed by atoms with E-state index in [2.05, 4.69) is 10.7 Å². The standard InChI is InChI=1S/C12H19N5O3/c1-3-4-16(8-12(18)14-2)10-5-9(15-13)6-11(7-10)17(19)20/h5-7,15H,3-4,8,13H2,1-2H3,(H,14,18). The first-order chi connectivity index (χ1) is 9.51. The molecule has 8 heteroatoms. The fraction of sp³-hybridized carbons (Fsp3) is 0.417. The Kier molecular flexibility index (Phi) is 5.73. The van der Waals surface area contributed by atoms with Crippen LogP contribution in [0.3, 0.4) is 0 Å². The van der Waals surface area contributed by atoms with Gasteiger partial charge in [-0.05, 0) is 12.5 Å². The molecule has 0 saturated carbocycles. The molecule has 0 fully saturated rings. The molecule has 0 spiro atoms. The van der Waals surface area contributed by atoms with Crippen molar-refractivity contribution < 1.29 is 9.72 Å². The predicted molar refractivity (Wildman–Crippen MR) is 77.5 cm³/mol. The molecule has 1 amide bonds. The number of hydrazine groups is 1. The number of non-ortho nitro benzene ring substituents is 1. The molecule has 0 unspecified atom stereocenters. The van der Waals surface area contributed by atoms with E-state index in [-0.39, 0.29) is 18.1 Å². The highest BCUT2D eigenvalue weighted by molar-refractivity contribution is 5.81. The van der Waals surface area contributed by atoms with Gasteiger partial charge in [-0.3, -0.25) is 20.8 Å². The summed E-state index contributed by atoms with van der Waals surface area (Å²) < 4.78 is 0. The number of anilines is 2. The lowest BCUT2D eigenvalue weighted by molar-refractivity contribution is -0.384. The van der Waals surface area contributed by atoms with Crippen LogP contribution in [-0.2, 0) is 4.79 Å². The van der Waals surface area contributed by atoms with Crippen molar-refractivity contribution in [2.45, 2.75) is 13.3 Å². The topological polar surface area (TPSA) is 114 Å². The first-order valence-electron chi connectivity index (χ1n) is 6.23. The first-order valence-corrected chi connectivity index (χ1v) is 6.23. The highest BCUT2D eigenvalue weighted by Gasteiger charge is 2.15. The van der Waals surface area contributed by atoms with Crippen LogP contribution in [0.2, 0.25) is 0 Å². The van der Waals surface area contributed by atoms with Gasteiger partial charge in [0.2, 0.25) is 5.91 Å². The molecule has 0 bridgehead atoms. The number of likely N-dealkylation sites (N-methyl/N-ethyl adjacent to an activating group) is 1. The number of carbonyl (C=O) groups excluding carboxylic acids is 1. The van der Waals surface area contributed by atoms with Crippen molar-refractivity contribution in [2.24, 2.45) is 5.84 Å². The number of nitrogens with two attached hydrogens (primary N) is 1. The third-order valence-electron chi connectivity index (χ3n) is 2.75. The second kappa shape index (κ2) is 7.29. The molecule has 0 aliphatic carbocycles. The highest BCUT2D eigenvalue weighted by atomic mass is 16.6. The molecule has 0 aliphatic heterocycles. The molecule has 8 nitrogen and oxygen atoms in total. The van der Waals surface area contributed by atoms with E-state index in [1.807, 2.05) is 6.92 Å². The van der Waals surface area contributed by atoms with E-state index in [0.717, 1.165) is 6.42 Å². The van der Waals surface area contributed by atoms with Gasteiger partial charge in [0.05, 0.1) is 17.2 Å². The Morgan fingerprint density at radius 2 is 2.15 bits per heavy atom. The van der Waals surface area contributed by atoms with Crippen LogP contribution in [0, 0.1) is 10.1 Å². The largest absolute Gasteiger partial charge is 0.362 e. The second-order valence-corrected chi connectivity index (χ2v) is 4.23. The van der Waals surface area contributed by atoms with Crippen molar-refractivity contribution in [3.8, 4) is 0 Å². The monoisotopic (exact) mass is 281 g/mol. The number of nitrogens with one attached hydrogen (secondary N) is 2. The quantitative estimate of drug-likeness (QED) is 0.388. The Labute approximate surface area is 117 Å². The summed E-state index contributed by atoms with van der Waals surface area (Å²) in [4.78, 5) is 23.7. The number of benzene rings is 1. The van der Waals surface area contributed by atoms with Crippen LogP contribution in [0.25, 0.3) is 0 Å². The molecule has 0 atom stereocenters. The lowest BCUT2D eigenvalue weighted by Crippen LogP contribution is -2.36. The average Bonchev–Trinajstić information content (AvgIpc) is 2.45. The molecular weight excluding hydrogens is 262 g/mol. The van der Waals surface area contributed by atoms with Crippen molar-refractivity contribution >= 4 is 23.0 Å². The summed E-state index contributed by atoms with van der Waals surface area (Å²) in [5.74, 6) is 5.16. The Balaban J connectivity index is 3.13. The van der Waals surface area contributed by atoms with Crippen LogP contribution in [0.4, 0.5) is 17.1 Å². The fourth-order valence-corrected chi connectivity index (χ4v) is 1.79. The van der Waals surface area contributed by atoms with E-state index >= 15 is 0 Å². The van der Waals surface area contributed by atoms with Crippen LogP contribution in [0.5, 0.6) is 0 Å². The minimum Gasteiger partial charge on any atom is -0.362 e. The number of rotatable bonds is 7. The van der Waals surface area contributed by atoms with Gasteiger partial charge in [0, 0.05) is 31.4 Å². The maximum absolute atomic E-state index is 11.5. The van der Waals surface area contributed by atoms with Crippen LogP contribution in [0.15, 0.2) is 18.2 Å². The number of nitro groups is 1. The summed E-state index contributed by atoms with van der Waals surface area (Å²) in [6.45, 7) is 2.71. The van der Waals surface area contributed by atoms with Crippen LogP contribution < -0.4 is 21.5 Å². The molecule has 0 saturated heterocycles. The average molecular weight is 281 g/mol. The summed E-state index contributed by atoms with van der Waals surface area (Å²) in [5.41, 5.74) is 3.32. The molecule has 1 aromatic rings. The maximum Gasteiger partial charge on any atom is 0.273 e. The number of nitrogens with zero attached hydrogens (tertiary/aromatic N) is 2. The summed E-state index contributed by atoms with van der Waals surface area (Å²) in [6, 6.07) is 4.44. The Bertz CT molecular complexity index is 492. The number of nitrogen functional groups attached to an aromatic ring is 1. The molecule has 20 heavy (non-hydrogen) atoms. The van der Waals surface area contributed by atoms with Gasteiger partial charge in [-0.25, -0.2) is 0 Å². The van der Waals surface area contributed by atoms with Crippen molar-refractivity contribution in [3.05, 3.63) is 28.3 Å². The Hall–Kier alpha value is -2.35. The van der Waals surface area contributed by atoms with Gasteiger partial charge in [-0.2, -0.15) is 0 Å². The van der Waals surface area contributed by atoms with E-state index in [4.69, 9.17) is 5.84 Å². The number of hydrogen-bond acceptors (Lipinski definition) is 6. The minimum atomic E-state index is -0.492. The molecule has 0 radical (unpaired) electrons. The van der Waals surface area contributed by atoms with Crippen LogP contribution in [-0.4, -0.2) is 31.0 Å². The van der Waals surface area contributed by atoms with Crippen molar-refractivity contribution in [1.29, 1.82) is 0 Å². The summed E-state index contributed by atoms with van der Waals surface area (Å²) in [6.07, 6.45) is 0.811. The van der Waals surface area contributed by atoms with Gasteiger partial charge < -0.3 is 15.6 Å². The second-order valence-electron chi connectivity index (χ2n) is 4.23. The normalized spacial score (nSPS) is 9.95. The van der Waals surface area contributed by atoms with E-state index in [0.29, 0.717) is 17.9 Å². The lowest BCUT2D eigenvalue weighted by atomic mass is 10.2. The van der Waals surface area contributed by atoms with E-state index in [1.165, 1.54) is 12.1 Å². The fourth-order valence-electron chi connectivity index (χ4n) is 1.79. The van der Waals surface area contributed by atoms with Gasteiger partial charge in [0.15, 0.2) is 0 Å². The van der Waals surface area contributed by atoms with Crippen LogP contribution >= 0.6 is 0 Å². The Morgan fingerprint density at radius 1 is 1.45 bits per heavy atom. The molecule has 1 aromatic carbocycles. The zero-order chi connectivity index (χ0) is 15.1. The number of carbonyl (C=O) groups is 1. The van der Waals surface area contributed by atoms with Gasteiger partial charge in [-0.1, -0.05) is 6.92 Å². The number of hydrogen-bond donors (Lipinski definition) is 3. The smallest absolute Gasteiger partial charge is 0.273 e. The molecule has 0 heterocycles. The molecule has 0 aliphatic rings. The molecular formula is C12H19N5O3. The molecule has 4 N–H and O–H groups in total. The number of amides is 1.